The van der Waals surface area contributed by atoms with Gasteiger partial charge in [0.25, 0.3) is 0 Å². The van der Waals surface area contributed by atoms with Crippen molar-refractivity contribution in [2.45, 2.75) is 85.5 Å². The van der Waals surface area contributed by atoms with E-state index < -0.39 is 13.9 Å². The van der Waals surface area contributed by atoms with Crippen LogP contribution in [-0.4, -0.2) is 42.7 Å². The molecule has 8 nitrogen and oxygen atoms in total. The van der Waals surface area contributed by atoms with Gasteiger partial charge in [0, 0.05) is 39.9 Å². The fourth-order valence-electron chi connectivity index (χ4n) is 5.27. The molecule has 1 aliphatic rings. The lowest BCUT2D eigenvalue weighted by atomic mass is 9.83. The molecule has 9 heteroatoms. The molecular weight excluding hydrogens is 530 g/mol. The van der Waals surface area contributed by atoms with Crippen LogP contribution in [0.15, 0.2) is 45.5 Å². The van der Waals surface area contributed by atoms with Crippen LogP contribution in [0.5, 0.6) is 5.75 Å². The molecule has 3 N–H and O–H groups in total. The second-order valence-corrected chi connectivity index (χ2v) is 17.7. The van der Waals surface area contributed by atoms with Gasteiger partial charge >= 0.3 is 0 Å². The molecule has 0 radical (unpaired) electrons. The topological polar surface area (TPSA) is 111 Å². The van der Waals surface area contributed by atoms with Gasteiger partial charge in [-0.1, -0.05) is 38.6 Å². The van der Waals surface area contributed by atoms with E-state index in [-0.39, 0.29) is 11.0 Å². The summed E-state index contributed by atoms with van der Waals surface area (Å²) in [5.41, 5.74) is 11.9. The Kier molecular flexibility index (Phi) is 8.01. The van der Waals surface area contributed by atoms with Crippen molar-refractivity contribution in [3.8, 4) is 16.9 Å². The molecule has 0 amide bonds. The van der Waals surface area contributed by atoms with Gasteiger partial charge in [0.15, 0.2) is 8.32 Å². The fourth-order valence-corrected chi connectivity index (χ4v) is 6.97. The van der Waals surface area contributed by atoms with Crippen LogP contribution in [0.4, 0.5) is 5.82 Å². The molecular formula is C32H45N5O3Si. The first-order chi connectivity index (χ1) is 19.0. The van der Waals surface area contributed by atoms with Gasteiger partial charge in [0.2, 0.25) is 0 Å². The summed E-state index contributed by atoms with van der Waals surface area (Å²) in [5.74, 6) is 2.56. The number of hydrogen-bond acceptors (Lipinski definition) is 6. The zero-order valence-corrected chi connectivity index (χ0v) is 27.4. The number of H-pyrrole nitrogens is 1. The highest BCUT2D eigenvalue weighted by Crippen LogP contribution is 2.45. The highest BCUT2D eigenvalue weighted by molar-refractivity contribution is 6.74. The summed E-state index contributed by atoms with van der Waals surface area (Å²) in [5, 5.41) is 5.19. The normalized spacial score (nSPS) is 16.8. The number of fused-ring (bicyclic) bond motifs is 1. The number of methoxy groups -OCH3 is 1. The van der Waals surface area contributed by atoms with E-state index >= 15 is 0 Å². The Hall–Kier alpha value is -3.43. The van der Waals surface area contributed by atoms with E-state index in [9.17, 15) is 0 Å². The fraction of sp³-hybridized carbons (Fsp3) is 0.469. The van der Waals surface area contributed by atoms with Crippen molar-refractivity contribution in [2.24, 2.45) is 21.6 Å². The third-order valence-electron chi connectivity index (χ3n) is 8.43. The van der Waals surface area contributed by atoms with Crippen molar-refractivity contribution in [1.82, 2.24) is 10.1 Å². The number of aliphatic imine (C=N–C) groups is 2. The van der Waals surface area contributed by atoms with Crippen LogP contribution >= 0.6 is 0 Å². The molecule has 0 bridgehead atoms. The molecule has 0 fully saturated rings. The maximum Gasteiger partial charge on any atom is 0.193 e. The number of rotatable bonds is 8. The minimum atomic E-state index is -2.03. The van der Waals surface area contributed by atoms with Crippen molar-refractivity contribution in [3.63, 3.8) is 0 Å². The second kappa shape index (κ2) is 10.8. The monoisotopic (exact) mass is 575 g/mol. The third-order valence-corrected chi connectivity index (χ3v) is 13.1. The molecule has 1 aromatic carbocycles. The summed E-state index contributed by atoms with van der Waals surface area (Å²) in [4.78, 5) is 13.0. The Labute approximate surface area is 244 Å². The average Bonchev–Trinajstić information content (AvgIpc) is 3.38. The predicted molar refractivity (Wildman–Crippen MR) is 173 cm³/mol. The number of allylic oxidation sites excluding steroid dienone is 2. The Morgan fingerprint density at radius 1 is 1.20 bits per heavy atom. The first-order valence-electron chi connectivity index (χ1n) is 14.1. The third kappa shape index (κ3) is 5.83. The van der Waals surface area contributed by atoms with Crippen LogP contribution in [0, 0.1) is 19.8 Å². The number of aryl methyl sites for hydroxylation is 2. The number of nitrogens with zero attached hydrogens (tertiary/aromatic N) is 3. The van der Waals surface area contributed by atoms with Gasteiger partial charge in [0.05, 0.1) is 29.8 Å². The Bertz CT molecular complexity index is 1560. The van der Waals surface area contributed by atoms with Gasteiger partial charge in [-0.2, -0.15) is 0 Å². The molecule has 0 saturated heterocycles. The molecule has 0 spiro atoms. The smallest absolute Gasteiger partial charge is 0.193 e. The Balaban J connectivity index is 1.77. The molecule has 1 unspecified atom stereocenters. The first-order valence-corrected chi connectivity index (χ1v) is 17.0. The van der Waals surface area contributed by atoms with Gasteiger partial charge < -0.3 is 24.4 Å². The Morgan fingerprint density at radius 3 is 2.44 bits per heavy atom. The van der Waals surface area contributed by atoms with Crippen LogP contribution in [0.3, 0.4) is 0 Å². The molecule has 1 aliphatic heterocycles. The number of aromatic amines is 1. The molecule has 1 atom stereocenters. The molecule has 220 valence electrons. The lowest BCUT2D eigenvalue weighted by Gasteiger charge is -2.44. The highest BCUT2D eigenvalue weighted by atomic mass is 28.4. The summed E-state index contributed by atoms with van der Waals surface area (Å²) >= 11 is 0. The van der Waals surface area contributed by atoms with E-state index in [0.29, 0.717) is 23.8 Å². The van der Waals surface area contributed by atoms with Crippen molar-refractivity contribution < 1.29 is 13.7 Å². The van der Waals surface area contributed by atoms with E-state index in [0.717, 1.165) is 50.3 Å². The predicted octanol–water partition coefficient (Wildman–Crippen LogP) is 8.25. The van der Waals surface area contributed by atoms with Crippen LogP contribution < -0.4 is 10.5 Å². The van der Waals surface area contributed by atoms with Crippen LogP contribution in [-0.2, 0) is 4.43 Å². The number of amidine groups is 1. The number of aromatic nitrogens is 2. The zero-order chi connectivity index (χ0) is 30.5. The molecule has 2 aromatic heterocycles. The standard InChI is InChI=1S/C32H45N5O3Si/c1-18(22-13-14-34-27(15-22)32(8,9)40-41(11,12)31(5,6)7)28-23-17-26(38-10)24(29-19(2)37-39-20(29)3)16-25(23)36-30(28)35-21(4)33/h13-14,16-17,22,36H,1,15H2,2-12H3,(H2,33,35). The van der Waals surface area contributed by atoms with Gasteiger partial charge in [-0.05, 0) is 76.9 Å². The van der Waals surface area contributed by atoms with Gasteiger partial charge in [-0.3, -0.25) is 4.99 Å². The summed E-state index contributed by atoms with van der Waals surface area (Å²) in [7, 11) is -0.356. The second-order valence-electron chi connectivity index (χ2n) is 13.0. The molecule has 0 aliphatic carbocycles. The number of nitrogens with two attached hydrogens (primary N) is 1. The summed E-state index contributed by atoms with van der Waals surface area (Å²) in [6.07, 6.45) is 4.68. The largest absolute Gasteiger partial charge is 0.496 e. The van der Waals surface area contributed by atoms with E-state index in [1.54, 1.807) is 14.0 Å². The number of nitrogens with one attached hydrogen (secondary N) is 1. The maximum atomic E-state index is 6.86. The number of ether oxygens (including phenoxy) is 1. The zero-order valence-electron chi connectivity index (χ0n) is 26.4. The van der Waals surface area contributed by atoms with E-state index in [2.05, 4.69) is 81.6 Å². The summed E-state index contributed by atoms with van der Waals surface area (Å²) < 4.78 is 18.2. The number of hydrogen-bond donors (Lipinski definition) is 2. The van der Waals surface area contributed by atoms with E-state index in [1.807, 2.05) is 26.1 Å². The van der Waals surface area contributed by atoms with Gasteiger partial charge in [0.1, 0.15) is 17.3 Å². The van der Waals surface area contributed by atoms with E-state index in [1.165, 1.54) is 0 Å². The van der Waals surface area contributed by atoms with Crippen LogP contribution in [0.25, 0.3) is 27.6 Å². The van der Waals surface area contributed by atoms with Crippen molar-refractivity contribution in [3.05, 3.63) is 48.0 Å². The van der Waals surface area contributed by atoms with E-state index in [4.69, 9.17) is 24.4 Å². The minimum Gasteiger partial charge on any atom is -0.496 e. The molecule has 0 saturated carbocycles. The SMILES string of the molecule is C=C(c1c(N=C(C)N)[nH]c2cc(-c3c(C)noc3C)c(OC)cc12)C1C=CN=C(C(C)(C)O[Si](C)(C)C(C)(C)C)C1. The van der Waals surface area contributed by atoms with Crippen molar-refractivity contribution >= 4 is 42.2 Å². The highest BCUT2D eigenvalue weighted by Gasteiger charge is 2.43. The minimum absolute atomic E-state index is 0.00375. The maximum absolute atomic E-state index is 6.86. The lowest BCUT2D eigenvalue weighted by molar-refractivity contribution is 0.158. The molecule has 4 rings (SSSR count). The van der Waals surface area contributed by atoms with Crippen LogP contribution in [0.2, 0.25) is 18.1 Å². The number of benzene rings is 1. The summed E-state index contributed by atoms with van der Waals surface area (Å²) in [6.45, 7) is 25.8. The molecule has 41 heavy (non-hydrogen) atoms. The molecule has 3 aromatic rings. The lowest BCUT2D eigenvalue weighted by Crippen LogP contribution is -2.51. The summed E-state index contributed by atoms with van der Waals surface area (Å²) in [6, 6.07) is 4.09. The first kappa shape index (κ1) is 30.5. The van der Waals surface area contributed by atoms with Crippen LogP contribution in [0.1, 0.15) is 65.0 Å². The Morgan fingerprint density at radius 2 is 1.88 bits per heavy atom. The quantitative estimate of drug-likeness (QED) is 0.160. The molecule has 3 heterocycles. The van der Waals surface area contributed by atoms with Gasteiger partial charge in [-0.25, -0.2) is 4.99 Å². The average molecular weight is 576 g/mol. The van der Waals surface area contributed by atoms with Crippen molar-refractivity contribution in [1.29, 1.82) is 0 Å². The van der Waals surface area contributed by atoms with Crippen molar-refractivity contribution in [2.75, 3.05) is 7.11 Å². The van der Waals surface area contributed by atoms with Gasteiger partial charge in [-0.15, -0.1) is 0 Å².